The van der Waals surface area contributed by atoms with Gasteiger partial charge in [0.25, 0.3) is 0 Å². The summed E-state index contributed by atoms with van der Waals surface area (Å²) in [6, 6.07) is 15.0. The van der Waals surface area contributed by atoms with Gasteiger partial charge in [-0.3, -0.25) is 9.69 Å². The Morgan fingerprint density at radius 1 is 0.897 bits per heavy atom. The van der Waals surface area contributed by atoms with Gasteiger partial charge in [-0.1, -0.05) is 36.4 Å². The van der Waals surface area contributed by atoms with Crippen molar-refractivity contribution < 1.29 is 19.7 Å². The van der Waals surface area contributed by atoms with Crippen LogP contribution in [0.1, 0.15) is 24.0 Å². The van der Waals surface area contributed by atoms with Gasteiger partial charge >= 0.3 is 5.97 Å². The molecule has 0 amide bonds. The van der Waals surface area contributed by atoms with Gasteiger partial charge in [0.2, 0.25) is 0 Å². The molecule has 6 heteroatoms. The van der Waals surface area contributed by atoms with E-state index in [2.05, 4.69) is 9.80 Å². The lowest BCUT2D eigenvalue weighted by Crippen LogP contribution is -2.47. The molecule has 0 aromatic heterocycles. The largest absolute Gasteiger partial charge is 0.480 e. The number of hydrogen-bond acceptors (Lipinski definition) is 5. The molecule has 1 saturated heterocycles. The summed E-state index contributed by atoms with van der Waals surface area (Å²) in [5, 5.41) is 19.5. The molecule has 0 atom stereocenters. The highest BCUT2D eigenvalue weighted by Crippen LogP contribution is 2.50. The average molecular weight is 396 g/mol. The van der Waals surface area contributed by atoms with E-state index >= 15 is 0 Å². The Kier molecular flexibility index (Phi) is 5.85. The van der Waals surface area contributed by atoms with Crippen LogP contribution < -0.4 is 4.74 Å². The van der Waals surface area contributed by atoms with Crippen LogP contribution in [-0.4, -0.2) is 71.9 Å². The fourth-order valence-corrected chi connectivity index (χ4v) is 4.63. The van der Waals surface area contributed by atoms with Crippen molar-refractivity contribution in [2.24, 2.45) is 0 Å². The number of β-amino-alcohol motifs (C(OH)–C–C–N with tert-alkyl or cyclic N) is 1. The second-order valence-corrected chi connectivity index (χ2v) is 7.82. The van der Waals surface area contributed by atoms with Crippen LogP contribution >= 0.6 is 0 Å². The van der Waals surface area contributed by atoms with Crippen molar-refractivity contribution in [3.63, 3.8) is 0 Å². The predicted molar refractivity (Wildman–Crippen MR) is 111 cm³/mol. The number of carboxylic acid groups (broad SMARTS) is 1. The minimum Gasteiger partial charge on any atom is -0.480 e. The Hall–Kier alpha value is -2.41. The van der Waals surface area contributed by atoms with Gasteiger partial charge in [0.15, 0.2) is 0 Å². The number of nitrogens with zero attached hydrogens (tertiary/aromatic N) is 2. The highest BCUT2D eigenvalue weighted by Gasteiger charge is 2.48. The van der Waals surface area contributed by atoms with Crippen molar-refractivity contribution in [1.82, 2.24) is 9.80 Å². The molecule has 6 nitrogen and oxygen atoms in total. The molecular weight excluding hydrogens is 368 g/mol. The minimum atomic E-state index is -1.09. The van der Waals surface area contributed by atoms with Crippen LogP contribution in [0.2, 0.25) is 0 Å². The number of rotatable bonds is 7. The topological polar surface area (TPSA) is 73.2 Å². The summed E-state index contributed by atoms with van der Waals surface area (Å²) in [4.78, 5) is 17.4. The molecule has 0 bridgehead atoms. The third kappa shape index (κ3) is 3.75. The zero-order valence-corrected chi connectivity index (χ0v) is 16.6. The molecule has 2 aromatic carbocycles. The first kappa shape index (κ1) is 19.9. The van der Waals surface area contributed by atoms with Crippen molar-refractivity contribution in [1.29, 1.82) is 0 Å². The zero-order valence-electron chi connectivity index (χ0n) is 16.6. The van der Waals surface area contributed by atoms with Gasteiger partial charge in [0.05, 0.1) is 6.61 Å². The van der Waals surface area contributed by atoms with E-state index in [4.69, 9.17) is 9.84 Å². The number of carbonyl (C=O) groups is 1. The van der Waals surface area contributed by atoms with E-state index < -0.39 is 11.4 Å². The number of benzene rings is 2. The Bertz CT molecular complexity index is 816. The lowest BCUT2D eigenvalue weighted by molar-refractivity contribution is -0.142. The summed E-state index contributed by atoms with van der Waals surface area (Å²) in [5.41, 5.74) is 0.377. The number of fused-ring (bicyclic) bond motifs is 2. The van der Waals surface area contributed by atoms with E-state index in [0.717, 1.165) is 56.8 Å². The maximum absolute atomic E-state index is 12.7. The molecule has 0 spiro atoms. The monoisotopic (exact) mass is 396 g/mol. The number of hydrogen-bond donors (Lipinski definition) is 2. The van der Waals surface area contributed by atoms with E-state index in [1.165, 1.54) is 0 Å². The van der Waals surface area contributed by atoms with Gasteiger partial charge in [-0.2, -0.15) is 0 Å². The summed E-state index contributed by atoms with van der Waals surface area (Å²) >= 11 is 0. The Morgan fingerprint density at radius 3 is 1.93 bits per heavy atom. The van der Waals surface area contributed by atoms with Crippen LogP contribution in [0.4, 0.5) is 0 Å². The van der Waals surface area contributed by atoms with E-state index in [1.54, 1.807) is 0 Å². The first-order valence-corrected chi connectivity index (χ1v) is 10.3. The van der Waals surface area contributed by atoms with Gasteiger partial charge in [0.1, 0.15) is 16.9 Å². The third-order valence-corrected chi connectivity index (χ3v) is 6.19. The van der Waals surface area contributed by atoms with E-state index in [-0.39, 0.29) is 6.61 Å². The maximum atomic E-state index is 12.7. The van der Waals surface area contributed by atoms with Crippen LogP contribution in [0.5, 0.6) is 11.5 Å². The second kappa shape index (κ2) is 8.53. The van der Waals surface area contributed by atoms with Crippen molar-refractivity contribution >= 4 is 5.97 Å². The molecule has 2 N–H and O–H groups in total. The van der Waals surface area contributed by atoms with Gasteiger partial charge in [0, 0.05) is 43.9 Å². The number of carboxylic acids is 1. The summed E-state index contributed by atoms with van der Waals surface area (Å²) in [7, 11) is 0. The standard InChI is InChI=1S/C23H28N2O4/c26-17-16-25-14-12-24(13-15-25)11-5-10-23(22(27)28)18-6-1-3-8-20(18)29-21-9-4-2-7-19(21)23/h1-4,6-9,26H,5,10-17H2,(H,27,28). The van der Waals surface area contributed by atoms with Crippen molar-refractivity contribution in [2.75, 3.05) is 45.9 Å². The molecular formula is C23H28N2O4. The number of para-hydroxylation sites is 2. The quantitative estimate of drug-likeness (QED) is 0.749. The Balaban J connectivity index is 1.54. The van der Waals surface area contributed by atoms with Gasteiger partial charge in [-0.05, 0) is 31.5 Å². The zero-order chi connectivity index (χ0) is 20.3. The summed E-state index contributed by atoms with van der Waals surface area (Å²) in [6.07, 6.45) is 1.31. The molecule has 154 valence electrons. The summed E-state index contributed by atoms with van der Waals surface area (Å²) < 4.78 is 6.01. The van der Waals surface area contributed by atoms with Gasteiger partial charge < -0.3 is 19.8 Å². The van der Waals surface area contributed by atoms with Crippen LogP contribution in [0.3, 0.4) is 0 Å². The minimum absolute atomic E-state index is 0.196. The lowest BCUT2D eigenvalue weighted by atomic mass is 9.69. The first-order valence-electron chi connectivity index (χ1n) is 10.3. The predicted octanol–water partition coefficient (Wildman–Crippen LogP) is 2.55. The number of aliphatic hydroxyl groups excluding tert-OH is 1. The smallest absolute Gasteiger partial charge is 0.318 e. The van der Waals surface area contributed by atoms with Crippen LogP contribution in [0, 0.1) is 0 Å². The molecule has 0 saturated carbocycles. The number of aliphatic hydroxyl groups is 1. The van der Waals surface area contributed by atoms with Gasteiger partial charge in [-0.25, -0.2) is 0 Å². The first-order chi connectivity index (χ1) is 14.1. The molecule has 2 aliphatic rings. The summed E-state index contributed by atoms with van der Waals surface area (Å²) in [6.45, 7) is 5.60. The average Bonchev–Trinajstić information content (AvgIpc) is 2.74. The molecule has 0 radical (unpaired) electrons. The normalized spacial score (nSPS) is 18.5. The summed E-state index contributed by atoms with van der Waals surface area (Å²) in [5.74, 6) is 0.436. The molecule has 0 unspecified atom stereocenters. The Morgan fingerprint density at radius 2 is 1.41 bits per heavy atom. The number of aliphatic carboxylic acids is 1. The molecule has 1 fully saturated rings. The molecule has 2 heterocycles. The van der Waals surface area contributed by atoms with E-state index in [0.29, 0.717) is 17.9 Å². The lowest BCUT2D eigenvalue weighted by Gasteiger charge is -2.38. The van der Waals surface area contributed by atoms with Crippen molar-refractivity contribution in [2.45, 2.75) is 18.3 Å². The van der Waals surface area contributed by atoms with Crippen LogP contribution in [-0.2, 0) is 10.2 Å². The van der Waals surface area contributed by atoms with Crippen LogP contribution in [0.25, 0.3) is 0 Å². The molecule has 0 aliphatic carbocycles. The highest BCUT2D eigenvalue weighted by molar-refractivity contribution is 5.89. The van der Waals surface area contributed by atoms with E-state index in [9.17, 15) is 9.90 Å². The SMILES string of the molecule is O=C(O)C1(CCCN2CCN(CCO)CC2)c2ccccc2Oc2ccccc21. The van der Waals surface area contributed by atoms with Crippen molar-refractivity contribution in [3.05, 3.63) is 59.7 Å². The number of ether oxygens (including phenoxy) is 1. The molecule has 29 heavy (non-hydrogen) atoms. The second-order valence-electron chi connectivity index (χ2n) is 7.82. The highest BCUT2D eigenvalue weighted by atomic mass is 16.5. The maximum Gasteiger partial charge on any atom is 0.318 e. The molecule has 2 aromatic rings. The molecule has 4 rings (SSSR count). The van der Waals surface area contributed by atoms with Crippen LogP contribution in [0.15, 0.2) is 48.5 Å². The van der Waals surface area contributed by atoms with Gasteiger partial charge in [-0.15, -0.1) is 0 Å². The Labute approximate surface area is 171 Å². The number of piperazine rings is 1. The van der Waals surface area contributed by atoms with E-state index in [1.807, 2.05) is 48.5 Å². The molecule has 2 aliphatic heterocycles. The third-order valence-electron chi connectivity index (χ3n) is 6.19. The van der Waals surface area contributed by atoms with Crippen molar-refractivity contribution in [3.8, 4) is 11.5 Å². The fraction of sp³-hybridized carbons (Fsp3) is 0.435. The fourth-order valence-electron chi connectivity index (χ4n) is 4.63.